The summed E-state index contributed by atoms with van der Waals surface area (Å²) >= 11 is 0. The zero-order valence-electron chi connectivity index (χ0n) is 16.1. The first-order valence-electron chi connectivity index (χ1n) is 9.00. The predicted octanol–water partition coefficient (Wildman–Crippen LogP) is 3.95. The molecule has 0 aromatic heterocycles. The van der Waals surface area contributed by atoms with Gasteiger partial charge >= 0.3 is 5.69 Å². The molecule has 8 nitrogen and oxygen atoms in total. The number of nitrogens with one attached hydrogen (secondary N) is 1. The molecular formula is C22H19N3O5. The number of nitro benzene ring substituents is 1. The maximum Gasteiger partial charge on any atom is 0.315 e. The molecule has 152 valence electrons. The van der Waals surface area contributed by atoms with Crippen molar-refractivity contribution in [1.82, 2.24) is 5.43 Å². The van der Waals surface area contributed by atoms with Gasteiger partial charge in [-0.3, -0.25) is 14.9 Å². The summed E-state index contributed by atoms with van der Waals surface area (Å²) < 4.78 is 11.0. The number of hydrogen-bond donors (Lipinski definition) is 1. The second-order valence-corrected chi connectivity index (χ2v) is 6.17. The molecule has 0 heterocycles. The van der Waals surface area contributed by atoms with Crippen LogP contribution in [0.25, 0.3) is 0 Å². The first-order chi connectivity index (χ1) is 14.6. The van der Waals surface area contributed by atoms with Crippen molar-refractivity contribution in [2.45, 2.75) is 6.61 Å². The van der Waals surface area contributed by atoms with Crippen molar-refractivity contribution in [2.24, 2.45) is 5.10 Å². The lowest BCUT2D eigenvalue weighted by molar-refractivity contribution is -0.386. The minimum absolute atomic E-state index is 0.0248. The number of methoxy groups -OCH3 is 1. The molecule has 0 aliphatic heterocycles. The van der Waals surface area contributed by atoms with Crippen molar-refractivity contribution < 1.29 is 19.2 Å². The first kappa shape index (κ1) is 20.5. The normalized spacial score (nSPS) is 10.6. The number of ether oxygens (including phenoxy) is 2. The van der Waals surface area contributed by atoms with Gasteiger partial charge < -0.3 is 9.47 Å². The fraction of sp³-hybridized carbons (Fsp3) is 0.0909. The highest BCUT2D eigenvalue weighted by Crippen LogP contribution is 2.38. The molecular weight excluding hydrogens is 386 g/mol. The van der Waals surface area contributed by atoms with Crippen LogP contribution in [-0.4, -0.2) is 24.2 Å². The quantitative estimate of drug-likeness (QED) is 0.347. The lowest BCUT2D eigenvalue weighted by atomic mass is 10.1. The predicted molar refractivity (Wildman–Crippen MR) is 112 cm³/mol. The highest BCUT2D eigenvalue weighted by Gasteiger charge is 2.22. The maximum atomic E-state index is 12.0. The van der Waals surface area contributed by atoms with Crippen LogP contribution in [0.3, 0.4) is 0 Å². The third-order valence-corrected chi connectivity index (χ3v) is 4.12. The van der Waals surface area contributed by atoms with Crippen molar-refractivity contribution in [3.8, 4) is 11.5 Å². The molecule has 0 aliphatic rings. The van der Waals surface area contributed by atoms with E-state index in [2.05, 4.69) is 10.5 Å². The number of amides is 1. The number of benzene rings is 3. The Balaban J connectivity index is 1.79. The fourth-order valence-corrected chi connectivity index (χ4v) is 2.66. The lowest BCUT2D eigenvalue weighted by Crippen LogP contribution is -2.17. The summed E-state index contributed by atoms with van der Waals surface area (Å²) in [6.45, 7) is 0.151. The SMILES string of the molecule is COc1cc(/C=N/NC(=O)c2ccccc2)cc([N+](=O)[O-])c1OCc1ccccc1. The molecule has 3 aromatic rings. The van der Waals surface area contributed by atoms with Gasteiger partial charge in [-0.15, -0.1) is 0 Å². The van der Waals surface area contributed by atoms with E-state index in [0.29, 0.717) is 11.1 Å². The Hall–Kier alpha value is -4.20. The lowest BCUT2D eigenvalue weighted by Gasteiger charge is -2.12. The van der Waals surface area contributed by atoms with Gasteiger partial charge in [-0.05, 0) is 23.8 Å². The third-order valence-electron chi connectivity index (χ3n) is 4.12. The minimum Gasteiger partial charge on any atom is -0.493 e. The van der Waals surface area contributed by atoms with Gasteiger partial charge in [0.15, 0.2) is 5.75 Å². The molecule has 3 rings (SSSR count). The van der Waals surface area contributed by atoms with E-state index in [1.54, 1.807) is 36.4 Å². The largest absolute Gasteiger partial charge is 0.493 e. The summed E-state index contributed by atoms with van der Waals surface area (Å²) in [4.78, 5) is 23.1. The Labute approximate surface area is 172 Å². The summed E-state index contributed by atoms with van der Waals surface area (Å²) in [5.41, 5.74) is 3.81. The van der Waals surface area contributed by atoms with Gasteiger partial charge in [0.25, 0.3) is 5.91 Å². The number of hydrogen-bond acceptors (Lipinski definition) is 6. The fourth-order valence-electron chi connectivity index (χ4n) is 2.66. The molecule has 0 unspecified atom stereocenters. The van der Waals surface area contributed by atoms with E-state index in [1.165, 1.54) is 19.4 Å². The number of rotatable bonds is 8. The Morgan fingerprint density at radius 3 is 2.40 bits per heavy atom. The van der Waals surface area contributed by atoms with Gasteiger partial charge in [-0.1, -0.05) is 48.5 Å². The zero-order chi connectivity index (χ0) is 21.3. The number of nitro groups is 1. The topological polar surface area (TPSA) is 103 Å². The van der Waals surface area contributed by atoms with E-state index >= 15 is 0 Å². The van der Waals surface area contributed by atoms with Crippen molar-refractivity contribution >= 4 is 17.8 Å². The maximum absolute atomic E-state index is 12.0. The van der Waals surface area contributed by atoms with Crippen LogP contribution in [0.2, 0.25) is 0 Å². The number of carbonyl (C=O) groups excluding carboxylic acids is 1. The molecule has 8 heteroatoms. The molecule has 0 saturated heterocycles. The zero-order valence-corrected chi connectivity index (χ0v) is 16.1. The van der Waals surface area contributed by atoms with Crippen molar-refractivity contribution in [3.05, 3.63) is 99.6 Å². The van der Waals surface area contributed by atoms with Crippen LogP contribution >= 0.6 is 0 Å². The Morgan fingerprint density at radius 1 is 1.10 bits per heavy atom. The molecule has 3 aromatic carbocycles. The van der Waals surface area contributed by atoms with Crippen LogP contribution in [0, 0.1) is 10.1 Å². The first-order valence-corrected chi connectivity index (χ1v) is 9.00. The van der Waals surface area contributed by atoms with E-state index in [0.717, 1.165) is 5.56 Å². The van der Waals surface area contributed by atoms with Crippen molar-refractivity contribution in [1.29, 1.82) is 0 Å². The highest BCUT2D eigenvalue weighted by atomic mass is 16.6. The Bertz CT molecular complexity index is 1050. The van der Waals surface area contributed by atoms with Crippen LogP contribution in [-0.2, 0) is 6.61 Å². The number of nitrogens with zero attached hydrogens (tertiary/aromatic N) is 2. The molecule has 0 spiro atoms. The van der Waals surface area contributed by atoms with E-state index in [-0.39, 0.29) is 23.8 Å². The monoisotopic (exact) mass is 405 g/mol. The average Bonchev–Trinajstić information content (AvgIpc) is 2.78. The standard InChI is InChI=1S/C22H19N3O5/c1-29-20-13-17(14-23-24-22(26)18-10-6-3-7-11-18)12-19(25(27)28)21(20)30-15-16-8-4-2-5-9-16/h2-14H,15H2,1H3,(H,24,26)/b23-14+. The van der Waals surface area contributed by atoms with Gasteiger partial charge in [0.05, 0.1) is 18.2 Å². The number of carbonyl (C=O) groups is 1. The van der Waals surface area contributed by atoms with Crippen LogP contribution < -0.4 is 14.9 Å². The summed E-state index contributed by atoms with van der Waals surface area (Å²) in [5, 5.41) is 15.4. The van der Waals surface area contributed by atoms with E-state index in [1.807, 2.05) is 30.3 Å². The molecule has 0 bridgehead atoms. The molecule has 1 N–H and O–H groups in total. The van der Waals surface area contributed by atoms with Crippen LogP contribution in [0.5, 0.6) is 11.5 Å². The van der Waals surface area contributed by atoms with Gasteiger partial charge in [0.2, 0.25) is 5.75 Å². The second-order valence-electron chi connectivity index (χ2n) is 6.17. The van der Waals surface area contributed by atoms with Gasteiger partial charge in [0, 0.05) is 17.2 Å². The Morgan fingerprint density at radius 2 is 1.77 bits per heavy atom. The highest BCUT2D eigenvalue weighted by molar-refractivity contribution is 5.95. The molecule has 30 heavy (non-hydrogen) atoms. The van der Waals surface area contributed by atoms with Crippen LogP contribution in [0.4, 0.5) is 5.69 Å². The molecule has 0 fully saturated rings. The number of hydrazone groups is 1. The molecule has 1 amide bonds. The van der Waals surface area contributed by atoms with Crippen LogP contribution in [0.1, 0.15) is 21.5 Å². The second kappa shape index (κ2) is 9.83. The minimum atomic E-state index is -0.553. The van der Waals surface area contributed by atoms with E-state index in [9.17, 15) is 14.9 Å². The Kier molecular flexibility index (Phi) is 6.73. The molecule has 0 aliphatic carbocycles. The third kappa shape index (κ3) is 5.20. The summed E-state index contributed by atoms with van der Waals surface area (Å²) in [6.07, 6.45) is 1.30. The smallest absolute Gasteiger partial charge is 0.315 e. The van der Waals surface area contributed by atoms with Gasteiger partial charge in [0.1, 0.15) is 6.61 Å². The molecule has 0 radical (unpaired) electrons. The summed E-state index contributed by atoms with van der Waals surface area (Å²) in [7, 11) is 1.40. The van der Waals surface area contributed by atoms with E-state index < -0.39 is 10.8 Å². The van der Waals surface area contributed by atoms with Crippen LogP contribution in [0.15, 0.2) is 77.9 Å². The molecule has 0 saturated carbocycles. The summed E-state index contributed by atoms with van der Waals surface area (Å²) in [6, 6.07) is 20.7. The molecule has 0 atom stereocenters. The van der Waals surface area contributed by atoms with Crippen molar-refractivity contribution in [3.63, 3.8) is 0 Å². The van der Waals surface area contributed by atoms with E-state index in [4.69, 9.17) is 9.47 Å². The van der Waals surface area contributed by atoms with Gasteiger partial charge in [-0.25, -0.2) is 5.43 Å². The average molecular weight is 405 g/mol. The van der Waals surface area contributed by atoms with Gasteiger partial charge in [-0.2, -0.15) is 5.10 Å². The summed E-state index contributed by atoms with van der Waals surface area (Å²) in [5.74, 6) is -0.177. The van der Waals surface area contributed by atoms with Crippen molar-refractivity contribution in [2.75, 3.05) is 7.11 Å².